The monoisotopic (exact) mass is 466 g/mol. The number of aliphatic imine (C=N–C) groups is 1. The number of ether oxygens (including phenoxy) is 1. The lowest BCUT2D eigenvalue weighted by atomic mass is 10.1. The molecule has 0 radical (unpaired) electrons. The molecule has 1 aliphatic rings. The van der Waals surface area contributed by atoms with E-state index in [1.54, 1.807) is 18.4 Å². The van der Waals surface area contributed by atoms with Crippen LogP contribution in [0.2, 0.25) is 0 Å². The summed E-state index contributed by atoms with van der Waals surface area (Å²) in [4.78, 5) is 9.97. The summed E-state index contributed by atoms with van der Waals surface area (Å²) < 4.78 is 5.99. The van der Waals surface area contributed by atoms with E-state index >= 15 is 0 Å². The number of halogens is 1. The van der Waals surface area contributed by atoms with E-state index in [4.69, 9.17) is 4.74 Å². The van der Waals surface area contributed by atoms with Crippen LogP contribution in [0.15, 0.2) is 4.99 Å². The summed E-state index contributed by atoms with van der Waals surface area (Å²) >= 11 is 1.73. The molecule has 0 saturated heterocycles. The highest BCUT2D eigenvalue weighted by atomic mass is 127. The minimum atomic E-state index is 0. The molecule has 1 aromatic rings. The first-order chi connectivity index (χ1) is 11.2. The topological polar surface area (TPSA) is 58.5 Å². The van der Waals surface area contributed by atoms with Crippen LogP contribution in [0.4, 0.5) is 0 Å². The molecule has 1 heterocycles. The van der Waals surface area contributed by atoms with Crippen molar-refractivity contribution >= 4 is 41.3 Å². The van der Waals surface area contributed by atoms with E-state index in [2.05, 4.69) is 27.5 Å². The van der Waals surface area contributed by atoms with Crippen molar-refractivity contribution in [3.63, 3.8) is 0 Å². The van der Waals surface area contributed by atoms with Gasteiger partial charge in [0.1, 0.15) is 0 Å². The molecule has 138 valence electrons. The average Bonchev–Trinajstić information content (AvgIpc) is 2.74. The molecule has 2 rings (SSSR count). The van der Waals surface area contributed by atoms with Gasteiger partial charge in [-0.15, -0.1) is 35.3 Å². The molecule has 5 nitrogen and oxygen atoms in total. The standard InChI is InChI=1S/C17H30N4OS.HI/c1-13-16(23-14(2)21-13)12-20-17(18-3)19-10-11-22-15-8-6-4-5-7-9-15;/h15H,4-12H2,1-3H3,(H2,18,19,20);1H. The Morgan fingerprint density at radius 2 is 1.92 bits per heavy atom. The molecule has 0 atom stereocenters. The normalized spacial score (nSPS) is 16.4. The largest absolute Gasteiger partial charge is 0.376 e. The van der Waals surface area contributed by atoms with Crippen molar-refractivity contribution in [1.29, 1.82) is 0 Å². The number of hydrogen-bond donors (Lipinski definition) is 2. The van der Waals surface area contributed by atoms with Crippen molar-refractivity contribution in [2.45, 2.75) is 65.0 Å². The van der Waals surface area contributed by atoms with Crippen LogP contribution in [0.1, 0.15) is 54.1 Å². The van der Waals surface area contributed by atoms with Crippen molar-refractivity contribution < 1.29 is 4.74 Å². The van der Waals surface area contributed by atoms with E-state index in [0.29, 0.717) is 6.10 Å². The molecule has 1 saturated carbocycles. The number of aromatic nitrogens is 1. The summed E-state index contributed by atoms with van der Waals surface area (Å²) in [7, 11) is 1.80. The smallest absolute Gasteiger partial charge is 0.191 e. The van der Waals surface area contributed by atoms with Crippen molar-refractivity contribution in [2.75, 3.05) is 20.2 Å². The van der Waals surface area contributed by atoms with E-state index in [9.17, 15) is 0 Å². The maximum Gasteiger partial charge on any atom is 0.191 e. The molecule has 0 unspecified atom stereocenters. The van der Waals surface area contributed by atoms with E-state index < -0.39 is 0 Å². The number of rotatable bonds is 6. The first-order valence-corrected chi connectivity index (χ1v) is 9.49. The molecule has 0 aromatic carbocycles. The van der Waals surface area contributed by atoms with Gasteiger partial charge in [-0.2, -0.15) is 0 Å². The summed E-state index contributed by atoms with van der Waals surface area (Å²) in [6.07, 6.45) is 8.26. The molecule has 1 aliphatic carbocycles. The van der Waals surface area contributed by atoms with Gasteiger partial charge in [0.25, 0.3) is 0 Å². The highest BCUT2D eigenvalue weighted by Gasteiger charge is 2.12. The van der Waals surface area contributed by atoms with Crippen LogP contribution in [-0.4, -0.2) is 37.2 Å². The van der Waals surface area contributed by atoms with Gasteiger partial charge in [-0.25, -0.2) is 4.98 Å². The summed E-state index contributed by atoms with van der Waals surface area (Å²) in [5, 5.41) is 7.77. The molecular weight excluding hydrogens is 435 g/mol. The highest BCUT2D eigenvalue weighted by molar-refractivity contribution is 14.0. The van der Waals surface area contributed by atoms with Crippen molar-refractivity contribution in [1.82, 2.24) is 15.6 Å². The Morgan fingerprint density at radius 3 is 2.50 bits per heavy atom. The molecule has 24 heavy (non-hydrogen) atoms. The molecule has 1 fully saturated rings. The Kier molecular flexibility index (Phi) is 10.8. The van der Waals surface area contributed by atoms with Gasteiger partial charge >= 0.3 is 0 Å². The number of thiazole rings is 1. The second kappa shape index (κ2) is 12.0. The van der Waals surface area contributed by atoms with Crippen molar-refractivity contribution in [2.24, 2.45) is 4.99 Å². The lowest BCUT2D eigenvalue weighted by Gasteiger charge is -2.16. The fourth-order valence-corrected chi connectivity index (χ4v) is 3.80. The van der Waals surface area contributed by atoms with Crippen LogP contribution in [-0.2, 0) is 11.3 Å². The Labute approximate surface area is 167 Å². The van der Waals surface area contributed by atoms with Gasteiger partial charge in [-0.3, -0.25) is 4.99 Å². The lowest BCUT2D eigenvalue weighted by Crippen LogP contribution is -2.38. The Morgan fingerprint density at radius 1 is 1.21 bits per heavy atom. The fraction of sp³-hybridized carbons (Fsp3) is 0.765. The van der Waals surface area contributed by atoms with Crippen molar-refractivity contribution in [3.05, 3.63) is 15.6 Å². The summed E-state index contributed by atoms with van der Waals surface area (Å²) in [6, 6.07) is 0. The van der Waals surface area contributed by atoms with Gasteiger partial charge in [0.05, 0.1) is 30.0 Å². The maximum atomic E-state index is 5.99. The van der Waals surface area contributed by atoms with Crippen molar-refractivity contribution in [3.8, 4) is 0 Å². The van der Waals surface area contributed by atoms with Crippen LogP contribution < -0.4 is 10.6 Å². The van der Waals surface area contributed by atoms with Crippen LogP contribution in [0.3, 0.4) is 0 Å². The quantitative estimate of drug-likeness (QED) is 0.220. The Balaban J connectivity index is 0.00000288. The molecule has 2 N–H and O–H groups in total. The van der Waals surface area contributed by atoms with Gasteiger partial charge in [-0.05, 0) is 26.7 Å². The first-order valence-electron chi connectivity index (χ1n) is 8.68. The Bertz CT molecular complexity index is 499. The molecule has 0 amide bonds. The second-order valence-electron chi connectivity index (χ2n) is 6.08. The molecule has 1 aromatic heterocycles. The average molecular weight is 466 g/mol. The van der Waals surface area contributed by atoms with E-state index in [0.717, 1.165) is 36.4 Å². The summed E-state index contributed by atoms with van der Waals surface area (Å²) in [5.74, 6) is 0.819. The van der Waals surface area contributed by atoms with Crippen LogP contribution >= 0.6 is 35.3 Å². The predicted octanol–water partition coefficient (Wildman–Crippen LogP) is 3.78. The number of hydrogen-bond acceptors (Lipinski definition) is 4. The fourth-order valence-electron chi connectivity index (χ4n) is 2.93. The van der Waals surface area contributed by atoms with Gasteiger partial charge in [-0.1, -0.05) is 25.7 Å². The first kappa shape index (κ1) is 21.6. The third kappa shape index (κ3) is 7.65. The summed E-state index contributed by atoms with van der Waals surface area (Å²) in [5.41, 5.74) is 1.10. The Hall–Kier alpha value is -0.410. The zero-order valence-electron chi connectivity index (χ0n) is 15.1. The maximum absolute atomic E-state index is 5.99. The molecule has 7 heteroatoms. The number of aryl methyl sites for hydroxylation is 2. The minimum Gasteiger partial charge on any atom is -0.376 e. The summed E-state index contributed by atoms with van der Waals surface area (Å²) in [6.45, 7) is 6.39. The molecule has 0 spiro atoms. The van der Waals surface area contributed by atoms with Gasteiger partial charge in [0, 0.05) is 18.5 Å². The van der Waals surface area contributed by atoms with Gasteiger partial charge < -0.3 is 15.4 Å². The van der Waals surface area contributed by atoms with Crippen LogP contribution in [0.25, 0.3) is 0 Å². The third-order valence-corrected chi connectivity index (χ3v) is 5.26. The molecule has 0 aliphatic heterocycles. The van der Waals surface area contributed by atoms with Crippen LogP contribution in [0, 0.1) is 13.8 Å². The van der Waals surface area contributed by atoms with Gasteiger partial charge in [0.15, 0.2) is 5.96 Å². The minimum absolute atomic E-state index is 0. The number of guanidine groups is 1. The van der Waals surface area contributed by atoms with E-state index in [-0.39, 0.29) is 24.0 Å². The molecular formula is C17H31IN4OS. The zero-order chi connectivity index (χ0) is 16.5. The highest BCUT2D eigenvalue weighted by Crippen LogP contribution is 2.19. The zero-order valence-corrected chi connectivity index (χ0v) is 18.2. The van der Waals surface area contributed by atoms with Gasteiger partial charge in [0.2, 0.25) is 0 Å². The molecule has 0 bridgehead atoms. The lowest BCUT2D eigenvalue weighted by molar-refractivity contribution is 0.0468. The van der Waals surface area contributed by atoms with E-state index in [1.165, 1.54) is 43.4 Å². The second-order valence-corrected chi connectivity index (χ2v) is 7.37. The predicted molar refractivity (Wildman–Crippen MR) is 113 cm³/mol. The van der Waals surface area contributed by atoms with E-state index in [1.807, 2.05) is 6.92 Å². The third-order valence-electron chi connectivity index (χ3n) is 4.19. The number of nitrogens with zero attached hydrogens (tertiary/aromatic N) is 2. The van der Waals surface area contributed by atoms with Crippen LogP contribution in [0.5, 0.6) is 0 Å². The number of nitrogens with one attached hydrogen (secondary N) is 2. The SMILES string of the molecule is CN=C(NCCOC1CCCCCC1)NCc1sc(C)nc1C.I.